The molecule has 0 aromatic rings. The number of aliphatic carboxylic acids is 1. The van der Waals surface area contributed by atoms with E-state index in [1.165, 1.54) is 180 Å². The van der Waals surface area contributed by atoms with Crippen molar-refractivity contribution in [3.8, 4) is 0 Å². The number of hydrogen-bond acceptors (Lipinski definition) is 7. The fourth-order valence-electron chi connectivity index (χ4n) is 8.49. The van der Waals surface area contributed by atoms with E-state index in [1.54, 1.807) is 0 Å². The van der Waals surface area contributed by atoms with Crippen LogP contribution < -0.4 is 5.11 Å². The van der Waals surface area contributed by atoms with Gasteiger partial charge in [-0.05, 0) is 77.0 Å². The largest absolute Gasteiger partial charge is 0.544 e. The molecule has 0 radical (unpaired) electrons. The van der Waals surface area contributed by atoms with Crippen molar-refractivity contribution in [3.63, 3.8) is 0 Å². The highest BCUT2D eigenvalue weighted by molar-refractivity contribution is 5.70. The molecule has 0 aromatic carbocycles. The lowest BCUT2D eigenvalue weighted by molar-refractivity contribution is -0.889. The van der Waals surface area contributed by atoms with Gasteiger partial charge in [-0.15, -0.1) is 0 Å². The Morgan fingerprint density at radius 1 is 0.441 bits per heavy atom. The summed E-state index contributed by atoms with van der Waals surface area (Å²) in [7, 11) is 5.42. The first-order chi connectivity index (χ1) is 33.1. The maximum Gasteiger partial charge on any atom is 0.306 e. The summed E-state index contributed by atoms with van der Waals surface area (Å²) in [4.78, 5) is 37.2. The minimum atomic E-state index is -1.12. The van der Waals surface area contributed by atoms with E-state index < -0.39 is 18.1 Å². The molecule has 8 heteroatoms. The molecule has 8 nitrogen and oxygen atoms in total. The number of esters is 2. The summed E-state index contributed by atoms with van der Waals surface area (Å²) >= 11 is 0. The number of carbonyl (C=O) groups excluding carboxylic acids is 3. The fourth-order valence-corrected chi connectivity index (χ4v) is 8.49. The summed E-state index contributed by atoms with van der Waals surface area (Å²) in [5.74, 6) is -1.73. The molecule has 2 atom stereocenters. The van der Waals surface area contributed by atoms with Gasteiger partial charge in [0.15, 0.2) is 6.10 Å². The molecule has 0 aliphatic carbocycles. The molecular weight excluding hydrogens is 847 g/mol. The maximum atomic E-state index is 12.8. The van der Waals surface area contributed by atoms with Crippen LogP contribution in [0.2, 0.25) is 0 Å². The van der Waals surface area contributed by atoms with Gasteiger partial charge in [-0.2, -0.15) is 0 Å². The molecule has 396 valence electrons. The highest BCUT2D eigenvalue weighted by Crippen LogP contribution is 2.16. The molecule has 0 fully saturated rings. The molecular formula is C60H109NO7. The van der Waals surface area contributed by atoms with Gasteiger partial charge < -0.3 is 28.6 Å². The van der Waals surface area contributed by atoms with Gasteiger partial charge in [0, 0.05) is 19.3 Å². The van der Waals surface area contributed by atoms with E-state index in [-0.39, 0.29) is 42.7 Å². The zero-order valence-corrected chi connectivity index (χ0v) is 45.3. The number of allylic oxidation sites excluding steroid dienone is 8. The number of likely N-dealkylation sites (N-methyl/N-ethyl adjacent to an activating group) is 1. The fraction of sp³-hybridized carbons (Fsp3) is 0.817. The van der Waals surface area contributed by atoms with Gasteiger partial charge in [0.25, 0.3) is 0 Å². The predicted octanol–water partition coefficient (Wildman–Crippen LogP) is 15.8. The van der Waals surface area contributed by atoms with Crippen LogP contribution in [0.3, 0.4) is 0 Å². The number of carboxylic acid groups (broad SMARTS) is 1. The lowest BCUT2D eigenvalue weighted by Gasteiger charge is -2.34. The number of carbonyl (C=O) groups is 3. The normalized spacial score (nSPS) is 13.1. The first-order valence-corrected chi connectivity index (χ1v) is 28.7. The van der Waals surface area contributed by atoms with Gasteiger partial charge >= 0.3 is 11.9 Å². The van der Waals surface area contributed by atoms with Crippen LogP contribution in [0.15, 0.2) is 48.6 Å². The van der Waals surface area contributed by atoms with Crippen LogP contribution in [-0.4, -0.2) is 75.5 Å². The van der Waals surface area contributed by atoms with E-state index >= 15 is 0 Å². The van der Waals surface area contributed by atoms with Gasteiger partial charge in [0.2, 0.25) is 0 Å². The number of carboxylic acids is 1. The zero-order chi connectivity index (χ0) is 49.9. The topological polar surface area (TPSA) is 102 Å². The van der Waals surface area contributed by atoms with Crippen LogP contribution in [0.25, 0.3) is 0 Å². The summed E-state index contributed by atoms with van der Waals surface area (Å²) in [5, 5.41) is 11.7. The lowest BCUT2D eigenvalue weighted by atomic mass is 10.0. The molecule has 0 saturated carbocycles. The van der Waals surface area contributed by atoms with E-state index in [2.05, 4.69) is 62.5 Å². The summed E-state index contributed by atoms with van der Waals surface area (Å²) < 4.78 is 17.3. The van der Waals surface area contributed by atoms with Crippen LogP contribution in [-0.2, 0) is 28.6 Å². The molecule has 0 heterocycles. The van der Waals surface area contributed by atoms with Gasteiger partial charge in [-0.1, -0.05) is 217 Å². The number of hydrogen-bond donors (Lipinski definition) is 0. The lowest BCUT2D eigenvalue weighted by Crippen LogP contribution is -2.55. The van der Waals surface area contributed by atoms with E-state index in [9.17, 15) is 19.5 Å². The van der Waals surface area contributed by atoms with Crippen LogP contribution in [0.5, 0.6) is 0 Å². The van der Waals surface area contributed by atoms with Crippen molar-refractivity contribution in [1.82, 2.24) is 0 Å². The van der Waals surface area contributed by atoms with Gasteiger partial charge in [-0.25, -0.2) is 0 Å². The number of quaternary nitrogens is 1. The first kappa shape index (κ1) is 65.3. The third-order valence-corrected chi connectivity index (χ3v) is 12.9. The van der Waals surface area contributed by atoms with Crippen LogP contribution in [0.4, 0.5) is 0 Å². The molecule has 0 aliphatic rings. The molecule has 68 heavy (non-hydrogen) atoms. The maximum absolute atomic E-state index is 12.8. The minimum Gasteiger partial charge on any atom is -0.544 e. The van der Waals surface area contributed by atoms with E-state index in [1.807, 2.05) is 21.1 Å². The second kappa shape index (κ2) is 50.7. The number of unbranched alkanes of at least 4 members (excludes halogenated alkanes) is 30. The SMILES string of the molecule is CCCCCCC/C=C\C/C=C\CCCCCCCCCCCCCC(=O)OC(COCCC(C(=O)[O-])[N+](C)(C)C)COC(=O)CCCCCCCCCCC/C=C\C/C=C\CCCCCCC. The zero-order valence-electron chi connectivity index (χ0n) is 45.3. The standard InChI is InChI=1S/C60H109NO7/c1-6-8-10-12-14-16-18-20-22-24-26-28-29-31-33-35-37-39-41-43-45-47-49-51-59(63)68-56(54-66-53-52-57(60(64)65)61(3,4)5)55-67-58(62)50-48-46-44-42-40-38-36-34-32-30-27-25-23-21-19-17-15-13-11-9-7-2/h18-21,24-27,56-57H,6-17,22-23,28-55H2,1-5H3/b20-18-,21-19-,26-24-,27-25-. The smallest absolute Gasteiger partial charge is 0.306 e. The van der Waals surface area contributed by atoms with E-state index in [4.69, 9.17) is 14.2 Å². The number of rotatable bonds is 52. The van der Waals surface area contributed by atoms with Crippen molar-refractivity contribution in [2.45, 2.75) is 276 Å². The molecule has 0 aliphatic heterocycles. The molecule has 0 bridgehead atoms. The average Bonchev–Trinajstić information content (AvgIpc) is 3.30. The molecule has 0 rings (SSSR count). The Morgan fingerprint density at radius 3 is 1.13 bits per heavy atom. The first-order valence-electron chi connectivity index (χ1n) is 28.7. The minimum absolute atomic E-state index is 0.0395. The Labute approximate surface area is 420 Å². The summed E-state index contributed by atoms with van der Waals surface area (Å²) in [5.41, 5.74) is 0. The number of nitrogens with zero attached hydrogens (tertiary/aromatic N) is 1. The Bertz CT molecular complexity index is 1250. The molecule has 0 saturated heterocycles. The Balaban J connectivity index is 4.18. The Hall–Kier alpha value is -2.71. The highest BCUT2D eigenvalue weighted by Gasteiger charge is 2.25. The third kappa shape index (κ3) is 48.3. The van der Waals surface area contributed by atoms with Gasteiger partial charge in [0.1, 0.15) is 12.6 Å². The van der Waals surface area contributed by atoms with E-state index in [0.717, 1.165) is 51.4 Å². The van der Waals surface area contributed by atoms with Crippen molar-refractivity contribution in [3.05, 3.63) is 48.6 Å². The molecule has 0 N–H and O–H groups in total. The Morgan fingerprint density at radius 2 is 0.779 bits per heavy atom. The molecule has 0 spiro atoms. The van der Waals surface area contributed by atoms with Crippen molar-refractivity contribution in [1.29, 1.82) is 0 Å². The van der Waals surface area contributed by atoms with Crippen LogP contribution in [0.1, 0.15) is 264 Å². The third-order valence-electron chi connectivity index (χ3n) is 12.9. The highest BCUT2D eigenvalue weighted by atomic mass is 16.6. The van der Waals surface area contributed by atoms with Crippen molar-refractivity contribution in [2.75, 3.05) is 41.0 Å². The van der Waals surface area contributed by atoms with Crippen LogP contribution in [0, 0.1) is 0 Å². The van der Waals surface area contributed by atoms with Crippen molar-refractivity contribution in [2.24, 2.45) is 0 Å². The van der Waals surface area contributed by atoms with Crippen molar-refractivity contribution < 1.29 is 38.2 Å². The second-order valence-corrected chi connectivity index (χ2v) is 20.5. The summed E-state index contributed by atoms with van der Waals surface area (Å²) in [6.07, 6.45) is 62.9. The van der Waals surface area contributed by atoms with Gasteiger partial charge in [-0.3, -0.25) is 9.59 Å². The summed E-state index contributed by atoms with van der Waals surface area (Å²) in [6.45, 7) is 4.67. The molecule has 2 unspecified atom stereocenters. The number of ether oxygens (including phenoxy) is 3. The van der Waals surface area contributed by atoms with E-state index in [0.29, 0.717) is 12.8 Å². The Kier molecular flexibility index (Phi) is 48.7. The second-order valence-electron chi connectivity index (χ2n) is 20.5. The van der Waals surface area contributed by atoms with Gasteiger partial charge in [0.05, 0.1) is 40.3 Å². The molecule has 0 amide bonds. The summed E-state index contributed by atoms with van der Waals surface area (Å²) in [6, 6.07) is -0.728. The quantitative estimate of drug-likeness (QED) is 0.0259. The van der Waals surface area contributed by atoms with Crippen LogP contribution >= 0.6 is 0 Å². The van der Waals surface area contributed by atoms with Crippen molar-refractivity contribution >= 4 is 17.9 Å². The molecule has 0 aromatic heterocycles. The monoisotopic (exact) mass is 956 g/mol. The predicted molar refractivity (Wildman–Crippen MR) is 286 cm³/mol. The average molecular weight is 957 g/mol.